The first-order valence-corrected chi connectivity index (χ1v) is 13.5. The number of nitrogens with zero attached hydrogens (tertiary/aromatic N) is 1. The molecule has 6 heteroatoms. The van der Waals surface area contributed by atoms with Crippen LogP contribution < -0.4 is 9.47 Å². The molecule has 1 heterocycles. The predicted octanol–water partition coefficient (Wildman–Crippen LogP) is 6.54. The second-order valence-corrected chi connectivity index (χ2v) is 11.0. The molecule has 37 heavy (non-hydrogen) atoms. The number of carbonyl (C=O) groups is 2. The number of Topliss-reactive ketones (excluding diaryl/α,β-unsaturated/α-hetero) is 1. The van der Waals surface area contributed by atoms with Crippen LogP contribution in [0, 0.1) is 0 Å². The van der Waals surface area contributed by atoms with Crippen molar-refractivity contribution in [3.8, 4) is 11.5 Å². The minimum atomic E-state index is -0.645. The molecule has 198 valence electrons. The fourth-order valence-electron chi connectivity index (χ4n) is 5.40. The lowest BCUT2D eigenvalue weighted by Crippen LogP contribution is -2.37. The van der Waals surface area contributed by atoms with Crippen molar-refractivity contribution in [1.82, 2.24) is 4.90 Å². The van der Waals surface area contributed by atoms with Crippen molar-refractivity contribution in [2.75, 3.05) is 13.2 Å². The molecule has 0 spiro atoms. The van der Waals surface area contributed by atoms with E-state index in [9.17, 15) is 14.7 Å². The molecule has 2 aliphatic rings. The molecule has 1 atom stereocenters. The second kappa shape index (κ2) is 11.0. The molecule has 2 fully saturated rings. The third-order valence-electron chi connectivity index (χ3n) is 7.23. The fourth-order valence-corrected chi connectivity index (χ4v) is 5.40. The summed E-state index contributed by atoms with van der Waals surface area (Å²) >= 11 is 0. The van der Waals surface area contributed by atoms with Crippen LogP contribution in [0.5, 0.6) is 11.5 Å². The maximum Gasteiger partial charge on any atom is 0.295 e. The number of benzene rings is 2. The van der Waals surface area contributed by atoms with Crippen LogP contribution in [-0.2, 0) is 15.0 Å². The summed E-state index contributed by atoms with van der Waals surface area (Å²) in [5.41, 5.74) is 2.12. The van der Waals surface area contributed by atoms with Crippen molar-refractivity contribution >= 4 is 17.4 Å². The number of hydrogen-bond acceptors (Lipinski definition) is 5. The molecule has 0 radical (unpaired) electrons. The van der Waals surface area contributed by atoms with Gasteiger partial charge in [-0.3, -0.25) is 9.59 Å². The molecule has 1 amide bonds. The number of aliphatic hydroxyl groups excluding tert-OH is 1. The third-order valence-corrected chi connectivity index (χ3v) is 7.23. The van der Waals surface area contributed by atoms with Crippen LogP contribution in [-0.4, -0.2) is 41.0 Å². The number of likely N-dealkylation sites (tertiary alicyclic amines) is 1. The van der Waals surface area contributed by atoms with E-state index in [1.165, 1.54) is 0 Å². The summed E-state index contributed by atoms with van der Waals surface area (Å²) in [5, 5.41) is 11.6. The smallest absolute Gasteiger partial charge is 0.295 e. The average Bonchev–Trinajstić information content (AvgIpc) is 3.49. The van der Waals surface area contributed by atoms with Crippen LogP contribution in [0.25, 0.3) is 5.76 Å². The Hall–Kier alpha value is -3.28. The Bertz CT molecular complexity index is 1170. The highest BCUT2D eigenvalue weighted by Gasteiger charge is 2.49. The summed E-state index contributed by atoms with van der Waals surface area (Å²) in [5.74, 6) is 0.171. The van der Waals surface area contributed by atoms with Crippen LogP contribution in [0.4, 0.5) is 0 Å². The zero-order valence-corrected chi connectivity index (χ0v) is 22.7. The minimum Gasteiger partial charge on any atom is -0.507 e. The zero-order valence-electron chi connectivity index (χ0n) is 22.7. The van der Waals surface area contributed by atoms with Crippen LogP contribution in [0.1, 0.15) is 89.5 Å². The molecule has 1 saturated carbocycles. The normalized spacial score (nSPS) is 20.0. The molecule has 2 aromatic carbocycles. The number of ketones is 1. The number of hydrogen-bond donors (Lipinski definition) is 1. The summed E-state index contributed by atoms with van der Waals surface area (Å²) in [6.07, 6.45) is 4.68. The molecule has 0 aromatic heterocycles. The van der Waals surface area contributed by atoms with E-state index in [-0.39, 0.29) is 22.8 Å². The van der Waals surface area contributed by atoms with Gasteiger partial charge in [0.1, 0.15) is 17.3 Å². The van der Waals surface area contributed by atoms with E-state index < -0.39 is 17.7 Å². The van der Waals surface area contributed by atoms with Crippen molar-refractivity contribution < 1.29 is 24.2 Å². The Morgan fingerprint density at radius 3 is 2.27 bits per heavy atom. The molecule has 6 nitrogen and oxygen atoms in total. The van der Waals surface area contributed by atoms with Crippen molar-refractivity contribution in [2.24, 2.45) is 0 Å². The molecule has 2 aromatic rings. The van der Waals surface area contributed by atoms with Gasteiger partial charge >= 0.3 is 0 Å². The quantitative estimate of drug-likeness (QED) is 0.251. The molecular formula is C31H39NO5. The second-order valence-electron chi connectivity index (χ2n) is 11.0. The SMILES string of the molecule is CCCOc1ccc(C2/C(=C(/O)c3ccc(OCC)c(C(C)(C)C)c3)C(=O)C(=O)N2C2CCCC2)cc1. The highest BCUT2D eigenvalue weighted by molar-refractivity contribution is 6.46. The van der Waals surface area contributed by atoms with Crippen LogP contribution in [0.2, 0.25) is 0 Å². The van der Waals surface area contributed by atoms with Gasteiger partial charge in [-0.2, -0.15) is 0 Å². The van der Waals surface area contributed by atoms with E-state index in [1.54, 1.807) is 11.0 Å². The number of ether oxygens (including phenoxy) is 2. The summed E-state index contributed by atoms with van der Waals surface area (Å²) < 4.78 is 11.6. The van der Waals surface area contributed by atoms with Gasteiger partial charge in [0.05, 0.1) is 24.8 Å². The predicted molar refractivity (Wildman–Crippen MR) is 145 cm³/mol. The minimum absolute atomic E-state index is 0.0202. The first-order chi connectivity index (χ1) is 17.7. The largest absolute Gasteiger partial charge is 0.507 e. The third kappa shape index (κ3) is 5.39. The molecule has 1 unspecified atom stereocenters. The van der Waals surface area contributed by atoms with Gasteiger partial charge in [-0.1, -0.05) is 52.7 Å². The topological polar surface area (TPSA) is 76.1 Å². The van der Waals surface area contributed by atoms with Crippen molar-refractivity contribution in [1.29, 1.82) is 0 Å². The van der Waals surface area contributed by atoms with Gasteiger partial charge in [0, 0.05) is 17.2 Å². The summed E-state index contributed by atoms with van der Waals surface area (Å²) in [7, 11) is 0. The average molecular weight is 506 g/mol. The maximum absolute atomic E-state index is 13.5. The molecule has 4 rings (SSSR count). The molecule has 1 N–H and O–H groups in total. The fraction of sp³-hybridized carbons (Fsp3) is 0.484. The highest BCUT2D eigenvalue weighted by Crippen LogP contribution is 2.44. The summed E-state index contributed by atoms with van der Waals surface area (Å²) in [4.78, 5) is 28.6. The standard InChI is InChI=1S/C31H39NO5/c1-6-18-37-23-15-12-20(13-16-23)27-26(29(34)30(35)32(27)22-10-8-9-11-22)28(33)21-14-17-25(36-7-2)24(19-21)31(3,4)5/h12-17,19,22,27,33H,6-11,18H2,1-5H3/b28-26-. The van der Waals surface area contributed by atoms with Gasteiger partial charge in [0.15, 0.2) is 0 Å². The Kier molecular flexibility index (Phi) is 7.96. The number of rotatable bonds is 8. The molecule has 1 saturated heterocycles. The first kappa shape index (κ1) is 26.8. The number of aliphatic hydroxyl groups is 1. The molecule has 1 aliphatic heterocycles. The van der Waals surface area contributed by atoms with Gasteiger partial charge < -0.3 is 19.5 Å². The van der Waals surface area contributed by atoms with Crippen molar-refractivity contribution in [3.63, 3.8) is 0 Å². The van der Waals surface area contributed by atoms with E-state index in [2.05, 4.69) is 27.7 Å². The highest BCUT2D eigenvalue weighted by atomic mass is 16.5. The van der Waals surface area contributed by atoms with E-state index in [0.717, 1.165) is 54.7 Å². The van der Waals surface area contributed by atoms with Gasteiger partial charge in [0.25, 0.3) is 11.7 Å². The lowest BCUT2D eigenvalue weighted by molar-refractivity contribution is -0.141. The summed E-state index contributed by atoms with van der Waals surface area (Å²) in [6, 6.07) is 12.3. The van der Waals surface area contributed by atoms with Crippen LogP contribution in [0.15, 0.2) is 48.0 Å². The van der Waals surface area contributed by atoms with Crippen LogP contribution >= 0.6 is 0 Å². The number of carbonyl (C=O) groups excluding carboxylic acids is 2. The van der Waals surface area contributed by atoms with E-state index >= 15 is 0 Å². The van der Waals surface area contributed by atoms with E-state index in [0.29, 0.717) is 18.8 Å². The monoisotopic (exact) mass is 505 g/mol. The van der Waals surface area contributed by atoms with Gasteiger partial charge in [-0.25, -0.2) is 0 Å². The molecule has 0 bridgehead atoms. The zero-order chi connectivity index (χ0) is 26.7. The summed E-state index contributed by atoms with van der Waals surface area (Å²) in [6.45, 7) is 11.4. The van der Waals surface area contributed by atoms with Crippen molar-refractivity contribution in [3.05, 3.63) is 64.7 Å². The first-order valence-electron chi connectivity index (χ1n) is 13.5. The molecule has 1 aliphatic carbocycles. The van der Waals surface area contributed by atoms with Crippen molar-refractivity contribution in [2.45, 2.75) is 84.2 Å². The Morgan fingerprint density at radius 1 is 1.00 bits per heavy atom. The van der Waals surface area contributed by atoms with Gasteiger partial charge in [-0.05, 0) is 67.5 Å². The van der Waals surface area contributed by atoms with E-state index in [1.807, 2.05) is 43.3 Å². The Balaban J connectivity index is 1.84. The van der Waals surface area contributed by atoms with Gasteiger partial charge in [-0.15, -0.1) is 0 Å². The maximum atomic E-state index is 13.5. The number of amides is 1. The van der Waals surface area contributed by atoms with Crippen LogP contribution in [0.3, 0.4) is 0 Å². The Morgan fingerprint density at radius 2 is 1.68 bits per heavy atom. The van der Waals surface area contributed by atoms with Gasteiger partial charge in [0.2, 0.25) is 0 Å². The lowest BCUT2D eigenvalue weighted by Gasteiger charge is -2.31. The Labute approximate surface area is 220 Å². The molecular weight excluding hydrogens is 466 g/mol. The lowest BCUT2D eigenvalue weighted by atomic mass is 9.84. The van der Waals surface area contributed by atoms with E-state index in [4.69, 9.17) is 9.47 Å².